The molecular formula is C13H21N3. The molecule has 1 aliphatic rings. The standard InChI is InChI=1S/C13H21N3/c1-4-13(6-5-7-13)9-15-12-11(3)14-8-10(2)16-12/h8H,4-7,9H2,1-3H3,(H,15,16). The zero-order chi connectivity index (χ0) is 11.6. The van der Waals surface area contributed by atoms with Gasteiger partial charge in [0.1, 0.15) is 5.82 Å². The topological polar surface area (TPSA) is 37.8 Å². The van der Waals surface area contributed by atoms with Crippen molar-refractivity contribution in [3.8, 4) is 0 Å². The lowest BCUT2D eigenvalue weighted by atomic mass is 9.67. The summed E-state index contributed by atoms with van der Waals surface area (Å²) in [5, 5.41) is 3.47. The summed E-state index contributed by atoms with van der Waals surface area (Å²) in [6.07, 6.45) is 7.18. The summed E-state index contributed by atoms with van der Waals surface area (Å²) in [4.78, 5) is 8.82. The van der Waals surface area contributed by atoms with Gasteiger partial charge < -0.3 is 5.32 Å². The van der Waals surface area contributed by atoms with E-state index in [1.807, 2.05) is 20.0 Å². The molecule has 1 fully saturated rings. The van der Waals surface area contributed by atoms with E-state index in [1.165, 1.54) is 25.7 Å². The second kappa shape index (κ2) is 4.40. The van der Waals surface area contributed by atoms with Crippen molar-refractivity contribution in [1.82, 2.24) is 9.97 Å². The summed E-state index contributed by atoms with van der Waals surface area (Å²) >= 11 is 0. The van der Waals surface area contributed by atoms with Gasteiger partial charge in [-0.2, -0.15) is 0 Å². The van der Waals surface area contributed by atoms with Crippen LogP contribution in [-0.4, -0.2) is 16.5 Å². The third kappa shape index (κ3) is 2.18. The molecule has 0 aliphatic heterocycles. The number of nitrogens with one attached hydrogen (secondary N) is 1. The van der Waals surface area contributed by atoms with Crippen LogP contribution >= 0.6 is 0 Å². The SMILES string of the molecule is CCC1(CNc2nc(C)cnc2C)CCC1. The zero-order valence-corrected chi connectivity index (χ0v) is 10.5. The first-order valence-electron chi connectivity index (χ1n) is 6.19. The monoisotopic (exact) mass is 219 g/mol. The number of hydrogen-bond donors (Lipinski definition) is 1. The van der Waals surface area contributed by atoms with Crippen LogP contribution in [0.2, 0.25) is 0 Å². The minimum atomic E-state index is 0.526. The van der Waals surface area contributed by atoms with Gasteiger partial charge in [0, 0.05) is 12.7 Å². The van der Waals surface area contributed by atoms with Crippen molar-refractivity contribution < 1.29 is 0 Å². The van der Waals surface area contributed by atoms with Crippen molar-refractivity contribution in [3.63, 3.8) is 0 Å². The lowest BCUT2D eigenvalue weighted by molar-refractivity contribution is 0.145. The third-order valence-electron chi connectivity index (χ3n) is 3.87. The molecule has 88 valence electrons. The molecule has 3 heteroatoms. The predicted molar refractivity (Wildman–Crippen MR) is 66.6 cm³/mol. The molecular weight excluding hydrogens is 198 g/mol. The van der Waals surface area contributed by atoms with Crippen LogP contribution in [0.25, 0.3) is 0 Å². The Bertz CT molecular complexity index is 364. The fourth-order valence-electron chi connectivity index (χ4n) is 2.31. The van der Waals surface area contributed by atoms with Crippen molar-refractivity contribution in [1.29, 1.82) is 0 Å². The number of aryl methyl sites for hydroxylation is 2. The maximum absolute atomic E-state index is 4.49. The molecule has 0 bridgehead atoms. The Labute approximate surface area is 97.7 Å². The zero-order valence-electron chi connectivity index (χ0n) is 10.5. The van der Waals surface area contributed by atoms with E-state index in [0.29, 0.717) is 5.41 Å². The van der Waals surface area contributed by atoms with Crippen LogP contribution in [-0.2, 0) is 0 Å². The average molecular weight is 219 g/mol. The van der Waals surface area contributed by atoms with Gasteiger partial charge >= 0.3 is 0 Å². The van der Waals surface area contributed by atoms with Crippen LogP contribution in [0.5, 0.6) is 0 Å². The number of hydrogen-bond acceptors (Lipinski definition) is 3. The fraction of sp³-hybridized carbons (Fsp3) is 0.692. The maximum atomic E-state index is 4.49. The number of aromatic nitrogens is 2. The van der Waals surface area contributed by atoms with Crippen molar-refractivity contribution in [2.24, 2.45) is 5.41 Å². The van der Waals surface area contributed by atoms with Crippen LogP contribution in [0.15, 0.2) is 6.20 Å². The van der Waals surface area contributed by atoms with Gasteiger partial charge in [-0.1, -0.05) is 13.3 Å². The van der Waals surface area contributed by atoms with Gasteiger partial charge in [0.2, 0.25) is 0 Å². The molecule has 1 aliphatic carbocycles. The largest absolute Gasteiger partial charge is 0.368 e. The highest BCUT2D eigenvalue weighted by Gasteiger charge is 2.34. The molecule has 3 nitrogen and oxygen atoms in total. The summed E-state index contributed by atoms with van der Waals surface area (Å²) < 4.78 is 0. The molecule has 0 unspecified atom stereocenters. The van der Waals surface area contributed by atoms with Crippen molar-refractivity contribution in [2.75, 3.05) is 11.9 Å². The van der Waals surface area contributed by atoms with E-state index in [-0.39, 0.29) is 0 Å². The highest BCUT2D eigenvalue weighted by Crippen LogP contribution is 2.43. The minimum absolute atomic E-state index is 0.526. The Morgan fingerprint density at radius 2 is 2.12 bits per heavy atom. The minimum Gasteiger partial charge on any atom is -0.368 e. The summed E-state index contributed by atoms with van der Waals surface area (Å²) in [7, 11) is 0. The third-order valence-corrected chi connectivity index (χ3v) is 3.87. The predicted octanol–water partition coefficient (Wildman–Crippen LogP) is 3.09. The Morgan fingerprint density at radius 1 is 1.38 bits per heavy atom. The Hall–Kier alpha value is -1.12. The van der Waals surface area contributed by atoms with Crippen LogP contribution < -0.4 is 5.32 Å². The molecule has 0 aromatic carbocycles. The Kier molecular flexibility index (Phi) is 3.13. The number of anilines is 1. The smallest absolute Gasteiger partial charge is 0.147 e. The van der Waals surface area contributed by atoms with Gasteiger partial charge in [0.05, 0.1) is 11.4 Å². The second-order valence-electron chi connectivity index (χ2n) is 5.01. The first-order chi connectivity index (χ1) is 7.65. The molecule has 0 atom stereocenters. The molecule has 1 aromatic heterocycles. The van der Waals surface area contributed by atoms with Gasteiger partial charge in [-0.3, -0.25) is 4.98 Å². The molecule has 2 rings (SSSR count). The first kappa shape index (κ1) is 11.4. The van der Waals surface area contributed by atoms with E-state index in [1.54, 1.807) is 0 Å². The molecule has 1 N–H and O–H groups in total. The molecule has 0 radical (unpaired) electrons. The van der Waals surface area contributed by atoms with Gasteiger partial charge in [0.25, 0.3) is 0 Å². The van der Waals surface area contributed by atoms with Gasteiger partial charge in [-0.25, -0.2) is 4.98 Å². The van der Waals surface area contributed by atoms with Crippen molar-refractivity contribution in [3.05, 3.63) is 17.6 Å². The van der Waals surface area contributed by atoms with Crippen molar-refractivity contribution in [2.45, 2.75) is 46.5 Å². The first-order valence-corrected chi connectivity index (χ1v) is 6.19. The normalized spacial score (nSPS) is 17.9. The lowest BCUT2D eigenvalue weighted by Crippen LogP contribution is -2.36. The van der Waals surface area contributed by atoms with E-state index in [0.717, 1.165) is 23.8 Å². The van der Waals surface area contributed by atoms with Gasteiger partial charge in [-0.05, 0) is 38.5 Å². The molecule has 1 aromatic rings. The van der Waals surface area contributed by atoms with Gasteiger partial charge in [-0.15, -0.1) is 0 Å². The highest BCUT2D eigenvalue weighted by molar-refractivity contribution is 5.39. The molecule has 0 saturated heterocycles. The van der Waals surface area contributed by atoms with E-state index in [9.17, 15) is 0 Å². The second-order valence-corrected chi connectivity index (χ2v) is 5.01. The Morgan fingerprint density at radius 3 is 2.69 bits per heavy atom. The maximum Gasteiger partial charge on any atom is 0.147 e. The van der Waals surface area contributed by atoms with Crippen LogP contribution in [0.3, 0.4) is 0 Å². The molecule has 0 amide bonds. The number of rotatable bonds is 4. The van der Waals surface area contributed by atoms with Crippen LogP contribution in [0, 0.1) is 19.3 Å². The summed E-state index contributed by atoms with van der Waals surface area (Å²) in [5.74, 6) is 0.958. The summed E-state index contributed by atoms with van der Waals surface area (Å²) in [6, 6.07) is 0. The summed E-state index contributed by atoms with van der Waals surface area (Å²) in [6.45, 7) is 7.32. The summed E-state index contributed by atoms with van der Waals surface area (Å²) in [5.41, 5.74) is 2.50. The lowest BCUT2D eigenvalue weighted by Gasteiger charge is -2.41. The molecule has 0 spiro atoms. The van der Waals surface area contributed by atoms with Crippen LogP contribution in [0.4, 0.5) is 5.82 Å². The number of nitrogens with zero attached hydrogens (tertiary/aromatic N) is 2. The Balaban J connectivity index is 2.01. The van der Waals surface area contributed by atoms with E-state index in [4.69, 9.17) is 0 Å². The van der Waals surface area contributed by atoms with E-state index < -0.39 is 0 Å². The van der Waals surface area contributed by atoms with Crippen molar-refractivity contribution >= 4 is 5.82 Å². The van der Waals surface area contributed by atoms with Crippen LogP contribution in [0.1, 0.15) is 44.0 Å². The van der Waals surface area contributed by atoms with E-state index in [2.05, 4.69) is 22.2 Å². The molecule has 1 heterocycles. The quantitative estimate of drug-likeness (QED) is 0.845. The molecule has 16 heavy (non-hydrogen) atoms. The van der Waals surface area contributed by atoms with E-state index >= 15 is 0 Å². The fourth-order valence-corrected chi connectivity index (χ4v) is 2.31. The van der Waals surface area contributed by atoms with Gasteiger partial charge in [0.15, 0.2) is 0 Å². The highest BCUT2D eigenvalue weighted by atomic mass is 15.0. The average Bonchev–Trinajstić information content (AvgIpc) is 2.22. The molecule has 1 saturated carbocycles.